The molecule has 0 amide bonds. The number of ether oxygens (including phenoxy) is 1. The zero-order valence-electron chi connectivity index (χ0n) is 17.5. The molecule has 0 aliphatic rings. The summed E-state index contributed by atoms with van der Waals surface area (Å²) >= 11 is 0. The number of pyridine rings is 1. The molecule has 2 aromatic heterocycles. The number of aromatic nitrogens is 3. The SMILES string of the molecule is COc1n[nH]c2ncc(C#Cc3c(F)ccc(-c4c(C(F)(F)F)cccc4S(N)(=O)=O)c3F)cc12. The molecule has 0 radical (unpaired) electrons. The van der Waals surface area contributed by atoms with Crippen molar-refractivity contribution >= 4 is 21.1 Å². The van der Waals surface area contributed by atoms with Gasteiger partial charge in [-0.3, -0.25) is 5.10 Å². The predicted molar refractivity (Wildman–Crippen MR) is 115 cm³/mol. The van der Waals surface area contributed by atoms with Gasteiger partial charge in [-0.05, 0) is 30.3 Å². The maximum Gasteiger partial charge on any atom is 0.417 e. The Balaban J connectivity index is 1.92. The number of sulfonamides is 1. The molecule has 2 aromatic carbocycles. The van der Waals surface area contributed by atoms with Gasteiger partial charge < -0.3 is 4.74 Å². The molecule has 0 atom stereocenters. The summed E-state index contributed by atoms with van der Waals surface area (Å²) in [4.78, 5) is 3.08. The van der Waals surface area contributed by atoms with Crippen molar-refractivity contribution in [3.63, 3.8) is 0 Å². The molecule has 13 heteroatoms. The summed E-state index contributed by atoms with van der Waals surface area (Å²) in [6.45, 7) is 0. The third kappa shape index (κ3) is 4.53. The van der Waals surface area contributed by atoms with Gasteiger partial charge in [0.1, 0.15) is 11.6 Å². The number of rotatable bonds is 3. The molecule has 7 nitrogen and oxygen atoms in total. The summed E-state index contributed by atoms with van der Waals surface area (Å²) in [6.07, 6.45) is -3.78. The molecule has 0 saturated heterocycles. The Labute approximate surface area is 194 Å². The van der Waals surface area contributed by atoms with Gasteiger partial charge in [0.05, 0.1) is 28.5 Å². The highest BCUT2D eigenvalue weighted by atomic mass is 32.2. The lowest BCUT2D eigenvalue weighted by Crippen LogP contribution is -2.17. The molecule has 180 valence electrons. The molecule has 2 heterocycles. The minimum absolute atomic E-state index is 0.197. The van der Waals surface area contributed by atoms with Crippen molar-refractivity contribution in [2.24, 2.45) is 5.14 Å². The second-order valence-corrected chi connectivity index (χ2v) is 8.64. The van der Waals surface area contributed by atoms with E-state index in [1.165, 1.54) is 19.4 Å². The first-order valence-electron chi connectivity index (χ1n) is 9.53. The van der Waals surface area contributed by atoms with Crippen LogP contribution in [0.1, 0.15) is 16.7 Å². The highest BCUT2D eigenvalue weighted by Crippen LogP contribution is 2.41. The summed E-state index contributed by atoms with van der Waals surface area (Å²) in [6, 6.07) is 5.05. The van der Waals surface area contributed by atoms with Crippen molar-refractivity contribution in [1.29, 1.82) is 0 Å². The Morgan fingerprint density at radius 1 is 1.11 bits per heavy atom. The normalized spacial score (nSPS) is 11.9. The van der Waals surface area contributed by atoms with E-state index < -0.39 is 55.0 Å². The first kappa shape index (κ1) is 24.1. The molecule has 35 heavy (non-hydrogen) atoms. The Morgan fingerprint density at radius 3 is 2.51 bits per heavy atom. The van der Waals surface area contributed by atoms with E-state index in [2.05, 4.69) is 27.0 Å². The Hall–Kier alpha value is -4.02. The molecule has 0 spiro atoms. The topological polar surface area (TPSA) is 111 Å². The van der Waals surface area contributed by atoms with Crippen LogP contribution in [0.4, 0.5) is 22.0 Å². The average Bonchev–Trinajstić information content (AvgIpc) is 3.20. The predicted octanol–water partition coefficient (Wildman–Crippen LogP) is 3.98. The molecular formula is C22H13F5N4O3S. The second kappa shape index (κ2) is 8.64. The van der Waals surface area contributed by atoms with Crippen LogP contribution in [0.25, 0.3) is 22.2 Å². The molecule has 0 bridgehead atoms. The number of benzene rings is 2. The standard InChI is InChI=1S/C22H13F5N4O3S/c1-34-21-14-9-11(10-29-20(14)30-31-21)5-6-12-16(23)8-7-13(19(12)24)18-15(22(25,26)27)3-2-4-17(18)35(28,32)33/h2-4,7-10H,1H3,(H2,28,32,33)(H,29,30,31). The van der Waals surface area contributed by atoms with Crippen LogP contribution in [0.5, 0.6) is 5.88 Å². The first-order valence-corrected chi connectivity index (χ1v) is 11.1. The lowest BCUT2D eigenvalue weighted by molar-refractivity contribution is -0.137. The van der Waals surface area contributed by atoms with Crippen molar-refractivity contribution in [2.45, 2.75) is 11.1 Å². The lowest BCUT2D eigenvalue weighted by atomic mass is 9.96. The van der Waals surface area contributed by atoms with Crippen molar-refractivity contribution in [1.82, 2.24) is 15.2 Å². The highest BCUT2D eigenvalue weighted by Gasteiger charge is 2.37. The second-order valence-electron chi connectivity index (χ2n) is 7.11. The number of nitrogens with one attached hydrogen (secondary N) is 1. The number of hydrogen-bond acceptors (Lipinski definition) is 5. The molecule has 0 aliphatic carbocycles. The smallest absolute Gasteiger partial charge is 0.417 e. The summed E-state index contributed by atoms with van der Waals surface area (Å²) in [5.41, 5.74) is -3.66. The molecule has 4 rings (SSSR count). The summed E-state index contributed by atoms with van der Waals surface area (Å²) < 4.78 is 99.9. The fourth-order valence-corrected chi connectivity index (χ4v) is 4.15. The van der Waals surface area contributed by atoms with Crippen molar-refractivity contribution in [3.8, 4) is 28.8 Å². The van der Waals surface area contributed by atoms with Gasteiger partial charge >= 0.3 is 6.18 Å². The lowest BCUT2D eigenvalue weighted by Gasteiger charge is -2.17. The van der Waals surface area contributed by atoms with Crippen LogP contribution < -0.4 is 9.88 Å². The highest BCUT2D eigenvalue weighted by molar-refractivity contribution is 7.89. The number of nitrogens with two attached hydrogens (primary N) is 1. The van der Waals surface area contributed by atoms with Crippen molar-refractivity contribution in [3.05, 3.63) is 70.9 Å². The van der Waals surface area contributed by atoms with Gasteiger partial charge in [0.2, 0.25) is 15.9 Å². The number of fused-ring (bicyclic) bond motifs is 1. The van der Waals surface area contributed by atoms with E-state index in [0.29, 0.717) is 29.2 Å². The van der Waals surface area contributed by atoms with Crippen molar-refractivity contribution < 1.29 is 35.1 Å². The molecule has 3 N–H and O–H groups in total. The van der Waals surface area contributed by atoms with Gasteiger partial charge in [0.25, 0.3) is 0 Å². The van der Waals surface area contributed by atoms with Crippen LogP contribution in [0.15, 0.2) is 47.5 Å². The molecule has 0 saturated carbocycles. The summed E-state index contributed by atoms with van der Waals surface area (Å²) in [5.74, 6) is 2.28. The van der Waals surface area contributed by atoms with E-state index in [1.807, 2.05) is 0 Å². The number of methoxy groups -OCH3 is 1. The van der Waals surface area contributed by atoms with Gasteiger partial charge in [0, 0.05) is 22.9 Å². The van der Waals surface area contributed by atoms with E-state index in [0.717, 1.165) is 12.1 Å². The van der Waals surface area contributed by atoms with Crippen LogP contribution in [-0.2, 0) is 16.2 Å². The Morgan fingerprint density at radius 2 is 1.86 bits per heavy atom. The van der Waals surface area contributed by atoms with Crippen LogP contribution in [0.3, 0.4) is 0 Å². The van der Waals surface area contributed by atoms with E-state index >= 15 is 4.39 Å². The van der Waals surface area contributed by atoms with Crippen molar-refractivity contribution in [2.75, 3.05) is 7.11 Å². The number of nitrogens with zero attached hydrogens (tertiary/aromatic N) is 2. The van der Waals surface area contributed by atoms with Crippen LogP contribution in [0.2, 0.25) is 0 Å². The van der Waals surface area contributed by atoms with Crippen LogP contribution >= 0.6 is 0 Å². The number of alkyl halides is 3. The van der Waals surface area contributed by atoms with Gasteiger partial charge in [-0.15, -0.1) is 5.10 Å². The van der Waals surface area contributed by atoms with E-state index in [9.17, 15) is 26.0 Å². The molecule has 0 unspecified atom stereocenters. The molecule has 0 aliphatic heterocycles. The van der Waals surface area contributed by atoms with Gasteiger partial charge in [-0.25, -0.2) is 27.3 Å². The van der Waals surface area contributed by atoms with E-state index in [1.54, 1.807) is 0 Å². The Bertz CT molecular complexity index is 1640. The largest absolute Gasteiger partial charge is 0.479 e. The zero-order chi connectivity index (χ0) is 25.5. The van der Waals surface area contributed by atoms with E-state index in [4.69, 9.17) is 9.88 Å². The number of halogens is 5. The quantitative estimate of drug-likeness (QED) is 0.321. The fourth-order valence-electron chi connectivity index (χ4n) is 3.38. The molecular weight excluding hydrogens is 495 g/mol. The van der Waals surface area contributed by atoms with Gasteiger partial charge in [0.15, 0.2) is 5.65 Å². The number of hydrogen-bond donors (Lipinski definition) is 2. The number of primary sulfonamides is 1. The molecule has 4 aromatic rings. The fraction of sp³-hybridized carbons (Fsp3) is 0.0909. The first-order chi connectivity index (χ1) is 16.4. The molecule has 0 fully saturated rings. The van der Waals surface area contributed by atoms with Crippen LogP contribution in [0, 0.1) is 23.5 Å². The average molecular weight is 508 g/mol. The number of H-pyrrole nitrogens is 1. The van der Waals surface area contributed by atoms with Gasteiger partial charge in [-0.2, -0.15) is 13.2 Å². The minimum Gasteiger partial charge on any atom is -0.479 e. The monoisotopic (exact) mass is 508 g/mol. The minimum atomic E-state index is -5.06. The Kier molecular flexibility index (Phi) is 5.95. The maximum absolute atomic E-state index is 15.4. The summed E-state index contributed by atoms with van der Waals surface area (Å²) in [7, 11) is -3.33. The third-order valence-corrected chi connectivity index (χ3v) is 5.86. The summed E-state index contributed by atoms with van der Waals surface area (Å²) in [5, 5.41) is 12.0. The van der Waals surface area contributed by atoms with Crippen LogP contribution in [-0.4, -0.2) is 30.7 Å². The zero-order valence-corrected chi connectivity index (χ0v) is 18.4. The third-order valence-electron chi connectivity index (χ3n) is 4.91. The number of aromatic amines is 1. The van der Waals surface area contributed by atoms with Gasteiger partial charge in [-0.1, -0.05) is 17.9 Å². The van der Waals surface area contributed by atoms with E-state index in [-0.39, 0.29) is 11.4 Å². The maximum atomic E-state index is 15.4.